The molecule has 7 nitrogen and oxygen atoms in total. The zero-order chi connectivity index (χ0) is 22.3. The second-order valence-electron chi connectivity index (χ2n) is 9.35. The summed E-state index contributed by atoms with van der Waals surface area (Å²) in [5.74, 6) is -1.97. The number of pyridine rings is 1. The van der Waals surface area contributed by atoms with Crippen molar-refractivity contribution in [1.29, 1.82) is 0 Å². The fourth-order valence-electron chi connectivity index (χ4n) is 5.61. The summed E-state index contributed by atoms with van der Waals surface area (Å²) in [6.45, 7) is 2.45. The van der Waals surface area contributed by atoms with Gasteiger partial charge in [0.05, 0.1) is 24.1 Å². The number of aromatic carboxylic acids is 1. The molecule has 0 amide bonds. The van der Waals surface area contributed by atoms with E-state index in [2.05, 4.69) is 5.32 Å². The number of methoxy groups -OCH3 is 1. The van der Waals surface area contributed by atoms with Crippen molar-refractivity contribution in [3.05, 3.63) is 39.4 Å². The highest BCUT2D eigenvalue weighted by Gasteiger charge is 2.60. The Kier molecular flexibility index (Phi) is 4.27. The average molecular weight is 433 g/mol. The third-order valence-corrected chi connectivity index (χ3v) is 7.63. The molecule has 4 unspecified atom stereocenters. The summed E-state index contributed by atoms with van der Waals surface area (Å²) in [6, 6.07) is 0.00922. The highest BCUT2D eigenvalue weighted by molar-refractivity contribution is 5.95. The van der Waals surface area contributed by atoms with Crippen molar-refractivity contribution in [2.24, 2.45) is 11.1 Å². The molecule has 0 radical (unpaired) electrons. The van der Waals surface area contributed by atoms with Gasteiger partial charge in [-0.3, -0.25) is 4.79 Å². The number of nitrogens with one attached hydrogen (secondary N) is 1. The van der Waals surface area contributed by atoms with Gasteiger partial charge in [-0.15, -0.1) is 0 Å². The van der Waals surface area contributed by atoms with Crippen LogP contribution in [-0.2, 0) is 0 Å². The molecule has 2 heterocycles. The lowest BCUT2D eigenvalue weighted by Crippen LogP contribution is -2.56. The second-order valence-corrected chi connectivity index (χ2v) is 9.35. The number of benzene rings is 1. The number of carboxylic acids is 1. The molecular formula is C22H25F2N3O4. The first-order chi connectivity index (χ1) is 14.6. The minimum absolute atomic E-state index is 0.129. The van der Waals surface area contributed by atoms with Crippen LogP contribution in [0.2, 0.25) is 0 Å². The number of halogens is 2. The fraction of sp³-hybridized carbons (Fsp3) is 0.545. The summed E-state index contributed by atoms with van der Waals surface area (Å²) >= 11 is 0. The molecule has 1 aromatic carbocycles. The van der Waals surface area contributed by atoms with Gasteiger partial charge >= 0.3 is 5.97 Å². The Hall–Kier alpha value is -2.52. The Morgan fingerprint density at radius 2 is 2.10 bits per heavy atom. The van der Waals surface area contributed by atoms with Crippen LogP contribution < -0.4 is 21.2 Å². The molecule has 1 aliphatic heterocycles. The van der Waals surface area contributed by atoms with Crippen LogP contribution in [0.1, 0.15) is 60.6 Å². The Morgan fingerprint density at radius 1 is 1.42 bits per heavy atom. The van der Waals surface area contributed by atoms with E-state index in [1.165, 1.54) is 11.7 Å². The van der Waals surface area contributed by atoms with E-state index >= 15 is 4.39 Å². The van der Waals surface area contributed by atoms with Crippen molar-refractivity contribution in [2.75, 3.05) is 13.7 Å². The average Bonchev–Trinajstić information content (AvgIpc) is 3.31. The predicted molar refractivity (Wildman–Crippen MR) is 110 cm³/mol. The lowest BCUT2D eigenvalue weighted by molar-refractivity contribution is 0.0445. The van der Waals surface area contributed by atoms with Gasteiger partial charge in [-0.05, 0) is 25.8 Å². The van der Waals surface area contributed by atoms with Gasteiger partial charge in [0.2, 0.25) is 5.43 Å². The van der Waals surface area contributed by atoms with E-state index in [0.717, 1.165) is 31.5 Å². The topological polar surface area (TPSA) is 107 Å². The molecule has 0 bridgehead atoms. The van der Waals surface area contributed by atoms with Crippen LogP contribution in [0.3, 0.4) is 0 Å². The largest absolute Gasteiger partial charge is 0.494 e. The summed E-state index contributed by atoms with van der Waals surface area (Å²) in [6.07, 6.45) is 2.83. The smallest absolute Gasteiger partial charge is 0.341 e. The molecule has 1 spiro atoms. The molecule has 31 heavy (non-hydrogen) atoms. The van der Waals surface area contributed by atoms with E-state index in [1.807, 2.05) is 6.92 Å². The van der Waals surface area contributed by atoms with Crippen molar-refractivity contribution in [2.45, 2.75) is 56.4 Å². The van der Waals surface area contributed by atoms with Gasteiger partial charge in [-0.1, -0.05) is 6.42 Å². The Balaban J connectivity index is 1.82. The minimum atomic E-state index is -1.44. The molecule has 166 valence electrons. The van der Waals surface area contributed by atoms with Crippen LogP contribution in [0.4, 0.5) is 8.78 Å². The van der Waals surface area contributed by atoms with E-state index in [4.69, 9.17) is 10.5 Å². The number of nitrogens with two attached hydrogens (primary N) is 1. The summed E-state index contributed by atoms with van der Waals surface area (Å²) in [5.41, 5.74) is 4.82. The van der Waals surface area contributed by atoms with Crippen LogP contribution in [0.5, 0.6) is 5.75 Å². The number of carbonyl (C=O) groups is 1. The summed E-state index contributed by atoms with van der Waals surface area (Å²) in [7, 11) is 1.38. The highest BCUT2D eigenvalue weighted by atomic mass is 19.1. The molecule has 9 heteroatoms. The lowest BCUT2D eigenvalue weighted by atomic mass is 9.55. The van der Waals surface area contributed by atoms with Crippen molar-refractivity contribution in [1.82, 2.24) is 9.88 Å². The van der Waals surface area contributed by atoms with Gasteiger partial charge in [0, 0.05) is 41.7 Å². The number of aromatic nitrogens is 1. The van der Waals surface area contributed by atoms with Crippen LogP contribution >= 0.6 is 0 Å². The SMILES string of the molecule is COc1c(C2NCC(C)(N)C23CCC3)c(F)cc2c(=O)c(C(=O)O)cn(C3CC3F)c12. The van der Waals surface area contributed by atoms with E-state index in [9.17, 15) is 19.1 Å². The van der Waals surface area contributed by atoms with Gasteiger partial charge in [0.25, 0.3) is 0 Å². The highest BCUT2D eigenvalue weighted by Crippen LogP contribution is 2.61. The zero-order valence-corrected chi connectivity index (χ0v) is 17.4. The number of hydrogen-bond acceptors (Lipinski definition) is 5. The third-order valence-electron chi connectivity index (χ3n) is 7.63. The van der Waals surface area contributed by atoms with Gasteiger partial charge in [-0.2, -0.15) is 0 Å². The van der Waals surface area contributed by atoms with Gasteiger partial charge < -0.3 is 25.5 Å². The number of fused-ring (bicyclic) bond motifs is 1. The third kappa shape index (κ3) is 2.62. The van der Waals surface area contributed by atoms with E-state index in [1.54, 1.807) is 0 Å². The molecule has 4 N–H and O–H groups in total. The Bertz CT molecular complexity index is 1170. The minimum Gasteiger partial charge on any atom is -0.494 e. The van der Waals surface area contributed by atoms with E-state index in [0.29, 0.717) is 6.54 Å². The van der Waals surface area contributed by atoms with E-state index < -0.39 is 46.6 Å². The van der Waals surface area contributed by atoms with Crippen LogP contribution in [-0.4, -0.2) is 41.0 Å². The molecule has 2 saturated carbocycles. The number of carboxylic acid groups (broad SMARTS) is 1. The monoisotopic (exact) mass is 433 g/mol. The number of rotatable bonds is 4. The molecular weight excluding hydrogens is 408 g/mol. The molecule has 1 aromatic heterocycles. The number of alkyl halides is 1. The molecule has 3 aliphatic rings. The number of ether oxygens (including phenoxy) is 1. The summed E-state index contributed by atoms with van der Waals surface area (Å²) < 4.78 is 36.7. The zero-order valence-electron chi connectivity index (χ0n) is 17.4. The van der Waals surface area contributed by atoms with Crippen molar-refractivity contribution >= 4 is 16.9 Å². The van der Waals surface area contributed by atoms with E-state index in [-0.39, 0.29) is 34.1 Å². The molecule has 1 saturated heterocycles. The molecule has 3 fully saturated rings. The molecule has 4 atom stereocenters. The van der Waals surface area contributed by atoms with Crippen LogP contribution in [0.25, 0.3) is 10.9 Å². The first-order valence-electron chi connectivity index (χ1n) is 10.5. The normalized spacial score (nSPS) is 31.1. The maximum absolute atomic E-state index is 15.6. The van der Waals surface area contributed by atoms with Gasteiger partial charge in [0.15, 0.2) is 5.75 Å². The maximum atomic E-state index is 15.6. The van der Waals surface area contributed by atoms with Crippen molar-refractivity contribution in [3.8, 4) is 5.75 Å². The maximum Gasteiger partial charge on any atom is 0.341 e. The first kappa shape index (κ1) is 20.4. The quantitative estimate of drug-likeness (QED) is 0.685. The number of hydrogen-bond donors (Lipinski definition) is 3. The Labute approximate surface area is 177 Å². The summed E-state index contributed by atoms with van der Waals surface area (Å²) in [5, 5.41) is 12.7. The van der Waals surface area contributed by atoms with Crippen molar-refractivity contribution in [3.63, 3.8) is 0 Å². The molecule has 5 rings (SSSR count). The predicted octanol–water partition coefficient (Wildman–Crippen LogP) is 2.66. The molecule has 2 aliphatic carbocycles. The Morgan fingerprint density at radius 3 is 2.61 bits per heavy atom. The lowest BCUT2D eigenvalue weighted by Gasteiger charge is -2.51. The standard InChI is InChI=1S/C22H25F2N3O4/c1-21(25)9-26-19(22(21)4-3-5-22)15-13(24)6-10-16(18(15)31-2)27(14-7-12(14)23)8-11(17(10)28)20(29)30/h6,8,12,14,19,26H,3-5,7,9,25H2,1-2H3,(H,29,30). The van der Waals surface area contributed by atoms with Gasteiger partial charge in [0.1, 0.15) is 17.6 Å². The van der Waals surface area contributed by atoms with Crippen LogP contribution in [0.15, 0.2) is 17.1 Å². The van der Waals surface area contributed by atoms with Gasteiger partial charge in [-0.25, -0.2) is 13.6 Å². The first-order valence-corrected chi connectivity index (χ1v) is 10.5. The number of nitrogens with zero attached hydrogens (tertiary/aromatic N) is 1. The summed E-state index contributed by atoms with van der Waals surface area (Å²) in [4.78, 5) is 24.5. The van der Waals surface area contributed by atoms with Crippen molar-refractivity contribution < 1.29 is 23.4 Å². The molecule has 2 aromatic rings. The second kappa shape index (κ2) is 6.49. The fourth-order valence-corrected chi connectivity index (χ4v) is 5.61. The van der Waals surface area contributed by atoms with Crippen LogP contribution in [0, 0.1) is 11.2 Å².